The van der Waals surface area contributed by atoms with Crippen molar-refractivity contribution < 1.29 is 24.6 Å². The molecule has 9 heteroatoms. The van der Waals surface area contributed by atoms with Crippen LogP contribution in [-0.2, 0) is 20.8 Å². The Labute approximate surface area is 156 Å². The Morgan fingerprint density at radius 1 is 1.12 bits per heavy atom. The van der Waals surface area contributed by atoms with Gasteiger partial charge in [-0.1, -0.05) is 30.3 Å². The molecule has 8 nitrogen and oxygen atoms in total. The Balaban J connectivity index is 2.61. The third kappa shape index (κ3) is 7.42. The molecule has 6 N–H and O–H groups in total. The van der Waals surface area contributed by atoms with E-state index in [9.17, 15) is 19.5 Å². The largest absolute Gasteiger partial charge is 0.480 e. The highest BCUT2D eigenvalue weighted by atomic mass is 32.2. The average Bonchev–Trinajstić information content (AvgIpc) is 2.63. The maximum absolute atomic E-state index is 12.2. The molecule has 0 saturated heterocycles. The predicted molar refractivity (Wildman–Crippen MR) is 99.7 cm³/mol. The van der Waals surface area contributed by atoms with Crippen LogP contribution in [0.2, 0.25) is 0 Å². The Kier molecular flexibility index (Phi) is 9.71. The summed E-state index contributed by atoms with van der Waals surface area (Å²) in [5.41, 5.74) is 6.71. The normalized spacial score (nSPS) is 14.1. The SMILES string of the molecule is CSCCC(NC(=O)C(CO)NC(=O)C(N)Cc1ccccc1)C(=O)O. The van der Waals surface area contributed by atoms with Crippen molar-refractivity contribution in [3.05, 3.63) is 35.9 Å². The maximum Gasteiger partial charge on any atom is 0.326 e. The molecule has 0 heterocycles. The molecule has 26 heavy (non-hydrogen) atoms. The Hall–Kier alpha value is -2.10. The fraction of sp³-hybridized carbons (Fsp3) is 0.471. The third-order valence-electron chi connectivity index (χ3n) is 3.68. The van der Waals surface area contributed by atoms with Crippen LogP contribution in [0.3, 0.4) is 0 Å². The number of benzene rings is 1. The molecule has 1 aromatic carbocycles. The quantitative estimate of drug-likeness (QED) is 0.342. The lowest BCUT2D eigenvalue weighted by molar-refractivity contribution is -0.142. The molecular formula is C17H25N3O5S. The third-order valence-corrected chi connectivity index (χ3v) is 4.32. The van der Waals surface area contributed by atoms with Gasteiger partial charge in [0.1, 0.15) is 12.1 Å². The van der Waals surface area contributed by atoms with Gasteiger partial charge in [-0.3, -0.25) is 9.59 Å². The number of amides is 2. The van der Waals surface area contributed by atoms with Crippen molar-refractivity contribution in [2.75, 3.05) is 18.6 Å². The van der Waals surface area contributed by atoms with E-state index in [1.165, 1.54) is 11.8 Å². The second-order valence-corrected chi connectivity index (χ2v) is 6.71. The average molecular weight is 383 g/mol. The molecule has 0 aliphatic carbocycles. The van der Waals surface area contributed by atoms with Crippen molar-refractivity contribution in [2.45, 2.75) is 31.0 Å². The molecule has 3 atom stereocenters. The van der Waals surface area contributed by atoms with Crippen molar-refractivity contribution in [3.8, 4) is 0 Å². The van der Waals surface area contributed by atoms with E-state index < -0.39 is 42.5 Å². The van der Waals surface area contributed by atoms with Crippen LogP contribution in [0.5, 0.6) is 0 Å². The topological polar surface area (TPSA) is 142 Å². The minimum atomic E-state index is -1.26. The van der Waals surface area contributed by atoms with Crippen LogP contribution < -0.4 is 16.4 Å². The number of hydrogen-bond donors (Lipinski definition) is 5. The molecule has 144 valence electrons. The lowest BCUT2D eigenvalue weighted by Crippen LogP contribution is -2.56. The van der Waals surface area contributed by atoms with Crippen LogP contribution in [0, 0.1) is 0 Å². The van der Waals surface area contributed by atoms with E-state index in [4.69, 9.17) is 10.8 Å². The van der Waals surface area contributed by atoms with Gasteiger partial charge in [-0.25, -0.2) is 4.79 Å². The molecule has 1 rings (SSSR count). The first kappa shape index (κ1) is 21.9. The number of thioether (sulfide) groups is 1. The summed E-state index contributed by atoms with van der Waals surface area (Å²) < 4.78 is 0. The van der Waals surface area contributed by atoms with Gasteiger partial charge in [0.25, 0.3) is 0 Å². The van der Waals surface area contributed by atoms with Gasteiger partial charge < -0.3 is 26.6 Å². The number of aliphatic hydroxyl groups excluding tert-OH is 1. The van der Waals surface area contributed by atoms with E-state index in [0.29, 0.717) is 5.75 Å². The van der Waals surface area contributed by atoms with E-state index in [-0.39, 0.29) is 12.8 Å². The van der Waals surface area contributed by atoms with E-state index in [0.717, 1.165) is 5.56 Å². The second-order valence-electron chi connectivity index (χ2n) is 5.72. The number of carboxylic acid groups (broad SMARTS) is 1. The van der Waals surface area contributed by atoms with Gasteiger partial charge in [0.2, 0.25) is 11.8 Å². The summed E-state index contributed by atoms with van der Waals surface area (Å²) in [5, 5.41) is 23.2. The zero-order valence-electron chi connectivity index (χ0n) is 14.6. The Bertz CT molecular complexity index is 599. The van der Waals surface area contributed by atoms with E-state index >= 15 is 0 Å². The summed E-state index contributed by atoms with van der Waals surface area (Å²) in [6.07, 6.45) is 2.34. The van der Waals surface area contributed by atoms with Gasteiger partial charge in [0.05, 0.1) is 12.6 Å². The van der Waals surface area contributed by atoms with Crippen molar-refractivity contribution in [2.24, 2.45) is 5.73 Å². The molecule has 0 fully saturated rings. The van der Waals surface area contributed by atoms with E-state index in [1.807, 2.05) is 36.6 Å². The van der Waals surface area contributed by atoms with Crippen LogP contribution in [-0.4, -0.2) is 64.7 Å². The Morgan fingerprint density at radius 2 is 1.73 bits per heavy atom. The summed E-state index contributed by atoms with van der Waals surface area (Å²) in [7, 11) is 0. The highest BCUT2D eigenvalue weighted by Crippen LogP contribution is 2.03. The van der Waals surface area contributed by atoms with Crippen molar-refractivity contribution in [1.29, 1.82) is 0 Å². The van der Waals surface area contributed by atoms with Crippen molar-refractivity contribution >= 4 is 29.5 Å². The van der Waals surface area contributed by atoms with Gasteiger partial charge in [0.15, 0.2) is 0 Å². The standard InChI is InChI=1S/C17H25N3O5S/c1-26-8-7-13(17(24)25)19-16(23)14(10-21)20-15(22)12(18)9-11-5-3-2-4-6-11/h2-6,12-14,21H,7-10,18H2,1H3,(H,19,23)(H,20,22)(H,24,25). The molecule has 0 aliphatic rings. The molecule has 1 aromatic rings. The number of rotatable bonds is 11. The summed E-state index contributed by atoms with van der Waals surface area (Å²) in [5.74, 6) is -1.98. The van der Waals surface area contributed by atoms with Gasteiger partial charge in [0, 0.05) is 0 Å². The number of nitrogens with two attached hydrogens (primary N) is 1. The summed E-state index contributed by atoms with van der Waals surface area (Å²) in [6.45, 7) is -0.662. The van der Waals surface area contributed by atoms with E-state index in [1.54, 1.807) is 0 Å². The fourth-order valence-corrected chi connectivity index (χ4v) is 2.67. The minimum Gasteiger partial charge on any atom is -0.480 e. The first-order valence-corrected chi connectivity index (χ1v) is 9.51. The Morgan fingerprint density at radius 3 is 2.27 bits per heavy atom. The first-order chi connectivity index (χ1) is 12.4. The minimum absolute atomic E-state index is 0.238. The number of aliphatic carboxylic acids is 1. The van der Waals surface area contributed by atoms with Crippen LogP contribution in [0.1, 0.15) is 12.0 Å². The lowest BCUT2D eigenvalue weighted by atomic mass is 10.1. The molecule has 0 saturated carbocycles. The maximum atomic E-state index is 12.2. The van der Waals surface area contributed by atoms with Gasteiger partial charge in [-0.15, -0.1) is 0 Å². The molecule has 0 aliphatic heterocycles. The molecule has 2 amide bonds. The number of nitrogens with one attached hydrogen (secondary N) is 2. The molecule has 0 aromatic heterocycles. The second kappa shape index (κ2) is 11.5. The highest BCUT2D eigenvalue weighted by Gasteiger charge is 2.27. The van der Waals surface area contributed by atoms with Crippen molar-refractivity contribution in [3.63, 3.8) is 0 Å². The van der Waals surface area contributed by atoms with Crippen LogP contribution >= 0.6 is 11.8 Å². The molecular weight excluding hydrogens is 358 g/mol. The molecule has 0 radical (unpaired) electrons. The molecule has 3 unspecified atom stereocenters. The van der Waals surface area contributed by atoms with Gasteiger partial charge in [-0.2, -0.15) is 11.8 Å². The fourth-order valence-electron chi connectivity index (χ4n) is 2.20. The smallest absolute Gasteiger partial charge is 0.326 e. The summed E-state index contributed by atoms with van der Waals surface area (Å²) >= 11 is 1.45. The number of carbonyl (C=O) groups excluding carboxylic acids is 2. The molecule has 0 bridgehead atoms. The van der Waals surface area contributed by atoms with Crippen LogP contribution in [0.15, 0.2) is 30.3 Å². The first-order valence-electron chi connectivity index (χ1n) is 8.11. The monoisotopic (exact) mass is 383 g/mol. The zero-order valence-corrected chi connectivity index (χ0v) is 15.4. The van der Waals surface area contributed by atoms with Gasteiger partial charge in [-0.05, 0) is 30.4 Å². The van der Waals surface area contributed by atoms with Crippen molar-refractivity contribution in [1.82, 2.24) is 10.6 Å². The van der Waals surface area contributed by atoms with Crippen LogP contribution in [0.25, 0.3) is 0 Å². The molecule has 0 spiro atoms. The van der Waals surface area contributed by atoms with E-state index in [2.05, 4.69) is 10.6 Å². The van der Waals surface area contributed by atoms with Gasteiger partial charge >= 0.3 is 5.97 Å². The predicted octanol–water partition coefficient (Wildman–Crippen LogP) is -0.644. The highest BCUT2D eigenvalue weighted by molar-refractivity contribution is 7.98. The zero-order chi connectivity index (χ0) is 19.5. The lowest BCUT2D eigenvalue weighted by Gasteiger charge is -2.21. The number of carboxylic acids is 1. The number of hydrogen-bond acceptors (Lipinski definition) is 6. The summed E-state index contributed by atoms with van der Waals surface area (Å²) in [6, 6.07) is 5.90. The summed E-state index contributed by atoms with van der Waals surface area (Å²) in [4.78, 5) is 35.5. The number of aliphatic hydroxyl groups is 1. The van der Waals surface area contributed by atoms with Crippen LogP contribution in [0.4, 0.5) is 0 Å². The number of carbonyl (C=O) groups is 3.